The summed E-state index contributed by atoms with van der Waals surface area (Å²) in [6.45, 7) is 7.47. The summed E-state index contributed by atoms with van der Waals surface area (Å²) in [5.74, 6) is -6.95. The van der Waals surface area contributed by atoms with Gasteiger partial charge in [-0.1, -0.05) is 27.7 Å². The molecule has 0 aliphatic rings. The fourth-order valence-electron chi connectivity index (χ4n) is 2.22. The first kappa shape index (κ1) is 31.3. The van der Waals surface area contributed by atoms with Gasteiger partial charge in [0.1, 0.15) is 0 Å². The number of hydrogen-bond acceptors (Lipinski definition) is 8. The summed E-state index contributed by atoms with van der Waals surface area (Å²) in [6.07, 6.45) is -9.54. The molecule has 0 aliphatic carbocycles. The van der Waals surface area contributed by atoms with Crippen molar-refractivity contribution in [2.24, 2.45) is 11.3 Å². The minimum atomic E-state index is -4.80. The van der Waals surface area contributed by atoms with Gasteiger partial charge in [-0.15, -0.1) is 0 Å². The molecule has 2 amide bonds. The standard InChI is InChI=1S/C21H31F4NO8/c1-8-13(16(29)32-10-14(27)34-12(3)21(23,24)25)9-20(7,22)18(31)33-11(2)15(28)26-17(30)19(4,5)6/h11-13H,8-10H2,1-7H3,(H,26,28,30). The number of esters is 3. The third-order valence-electron chi connectivity index (χ3n) is 4.55. The average Bonchev–Trinajstić information content (AvgIpc) is 2.68. The number of rotatable bonds is 10. The van der Waals surface area contributed by atoms with E-state index in [4.69, 9.17) is 4.74 Å². The van der Waals surface area contributed by atoms with Crippen molar-refractivity contribution < 1.29 is 55.7 Å². The number of amides is 2. The van der Waals surface area contributed by atoms with Gasteiger partial charge >= 0.3 is 24.1 Å². The Kier molecular flexibility index (Phi) is 11.1. The van der Waals surface area contributed by atoms with E-state index in [9.17, 15) is 41.5 Å². The number of nitrogens with one attached hydrogen (secondary N) is 1. The summed E-state index contributed by atoms with van der Waals surface area (Å²) >= 11 is 0. The summed E-state index contributed by atoms with van der Waals surface area (Å²) in [4.78, 5) is 59.6. The molecule has 4 atom stereocenters. The van der Waals surface area contributed by atoms with Crippen LogP contribution in [-0.4, -0.2) is 60.4 Å². The third kappa shape index (κ3) is 10.5. The Hall–Kier alpha value is -2.73. The Balaban J connectivity index is 4.93. The molecule has 0 heterocycles. The Bertz CT molecular complexity index is 774. The molecule has 4 unspecified atom stereocenters. The maximum absolute atomic E-state index is 15.0. The molecule has 0 fully saturated rings. The van der Waals surface area contributed by atoms with E-state index >= 15 is 0 Å². The smallest absolute Gasteiger partial charge is 0.425 e. The molecular formula is C21H31F4NO8. The van der Waals surface area contributed by atoms with Gasteiger partial charge in [0.2, 0.25) is 11.6 Å². The quantitative estimate of drug-likeness (QED) is 0.275. The van der Waals surface area contributed by atoms with Gasteiger partial charge in [-0.25, -0.2) is 14.0 Å². The molecule has 0 saturated heterocycles. The molecule has 0 radical (unpaired) electrons. The molecule has 0 aromatic carbocycles. The SMILES string of the molecule is CCC(CC(C)(F)C(=O)OC(C)C(=O)NC(=O)C(C)(C)C)C(=O)OCC(=O)OC(C)C(F)(F)F. The summed E-state index contributed by atoms with van der Waals surface area (Å²) in [6, 6.07) is 0. The molecule has 0 aliphatic heterocycles. The molecule has 0 rings (SSSR count). The summed E-state index contributed by atoms with van der Waals surface area (Å²) in [7, 11) is 0. The first-order valence-electron chi connectivity index (χ1n) is 10.4. The van der Waals surface area contributed by atoms with Crippen molar-refractivity contribution in [2.45, 2.75) is 85.4 Å². The Morgan fingerprint density at radius 2 is 1.44 bits per heavy atom. The first-order chi connectivity index (χ1) is 15.2. The van der Waals surface area contributed by atoms with E-state index in [1.54, 1.807) is 20.8 Å². The van der Waals surface area contributed by atoms with Crippen LogP contribution in [0.5, 0.6) is 0 Å². The molecular weight excluding hydrogens is 470 g/mol. The van der Waals surface area contributed by atoms with Crippen LogP contribution in [0.15, 0.2) is 0 Å². The Labute approximate surface area is 194 Å². The first-order valence-corrected chi connectivity index (χ1v) is 10.4. The lowest BCUT2D eigenvalue weighted by Gasteiger charge is -2.25. The van der Waals surface area contributed by atoms with Crippen molar-refractivity contribution in [1.29, 1.82) is 0 Å². The van der Waals surface area contributed by atoms with Gasteiger partial charge in [0.25, 0.3) is 5.91 Å². The van der Waals surface area contributed by atoms with Gasteiger partial charge in [0.15, 0.2) is 18.8 Å². The van der Waals surface area contributed by atoms with Crippen LogP contribution in [0.1, 0.15) is 61.3 Å². The fraction of sp³-hybridized carbons (Fsp3) is 0.762. The highest BCUT2D eigenvalue weighted by molar-refractivity contribution is 6.00. The van der Waals surface area contributed by atoms with Crippen LogP contribution < -0.4 is 5.32 Å². The summed E-state index contributed by atoms with van der Waals surface area (Å²) in [5, 5.41) is 2.03. The maximum Gasteiger partial charge on any atom is 0.425 e. The molecule has 0 aromatic heterocycles. The second-order valence-electron chi connectivity index (χ2n) is 8.90. The lowest BCUT2D eigenvalue weighted by molar-refractivity contribution is -0.218. The highest BCUT2D eigenvalue weighted by atomic mass is 19.4. The Morgan fingerprint density at radius 1 is 0.912 bits per heavy atom. The van der Waals surface area contributed by atoms with Crippen LogP contribution >= 0.6 is 0 Å². The van der Waals surface area contributed by atoms with Crippen molar-refractivity contribution in [1.82, 2.24) is 5.32 Å². The molecule has 34 heavy (non-hydrogen) atoms. The molecule has 1 N–H and O–H groups in total. The van der Waals surface area contributed by atoms with Crippen molar-refractivity contribution in [3.05, 3.63) is 0 Å². The van der Waals surface area contributed by atoms with Gasteiger partial charge in [-0.05, 0) is 27.2 Å². The monoisotopic (exact) mass is 501 g/mol. The lowest BCUT2D eigenvalue weighted by Crippen LogP contribution is -2.46. The number of hydrogen-bond donors (Lipinski definition) is 1. The van der Waals surface area contributed by atoms with Crippen LogP contribution in [-0.2, 0) is 38.2 Å². The molecule has 0 saturated carbocycles. The van der Waals surface area contributed by atoms with Crippen molar-refractivity contribution >= 4 is 29.7 Å². The number of carbonyl (C=O) groups excluding carboxylic acids is 5. The molecule has 13 heteroatoms. The van der Waals surface area contributed by atoms with Crippen molar-refractivity contribution in [3.8, 4) is 0 Å². The van der Waals surface area contributed by atoms with Crippen LogP contribution in [0, 0.1) is 11.3 Å². The van der Waals surface area contributed by atoms with Crippen LogP contribution in [0.25, 0.3) is 0 Å². The number of halogens is 4. The van der Waals surface area contributed by atoms with E-state index in [-0.39, 0.29) is 6.42 Å². The maximum atomic E-state index is 15.0. The largest absolute Gasteiger partial charge is 0.453 e. The minimum Gasteiger partial charge on any atom is -0.453 e. The molecule has 0 bridgehead atoms. The second-order valence-corrected chi connectivity index (χ2v) is 8.90. The predicted octanol–water partition coefficient (Wildman–Crippen LogP) is 2.79. The summed E-state index contributed by atoms with van der Waals surface area (Å²) in [5.41, 5.74) is -3.67. The van der Waals surface area contributed by atoms with E-state index in [0.717, 1.165) is 13.8 Å². The second kappa shape index (κ2) is 12.1. The summed E-state index contributed by atoms with van der Waals surface area (Å²) < 4.78 is 65.6. The average molecular weight is 501 g/mol. The number of alkyl halides is 4. The van der Waals surface area contributed by atoms with E-state index in [1.807, 2.05) is 5.32 Å². The van der Waals surface area contributed by atoms with Crippen molar-refractivity contribution in [3.63, 3.8) is 0 Å². The number of ether oxygens (including phenoxy) is 3. The van der Waals surface area contributed by atoms with Gasteiger partial charge in [-0.3, -0.25) is 19.7 Å². The number of imide groups is 1. The van der Waals surface area contributed by atoms with Gasteiger partial charge in [-0.2, -0.15) is 13.2 Å². The Morgan fingerprint density at radius 3 is 1.88 bits per heavy atom. The van der Waals surface area contributed by atoms with Gasteiger partial charge < -0.3 is 14.2 Å². The molecule has 9 nitrogen and oxygen atoms in total. The molecule has 0 spiro atoms. The van der Waals surface area contributed by atoms with Crippen LogP contribution in [0.2, 0.25) is 0 Å². The topological polar surface area (TPSA) is 125 Å². The lowest BCUT2D eigenvalue weighted by atomic mass is 9.91. The normalized spacial score (nSPS) is 16.3. The zero-order valence-corrected chi connectivity index (χ0v) is 20.1. The highest BCUT2D eigenvalue weighted by Crippen LogP contribution is 2.27. The van der Waals surface area contributed by atoms with Gasteiger partial charge in [0, 0.05) is 11.8 Å². The minimum absolute atomic E-state index is 0.0459. The molecule has 0 aromatic rings. The van der Waals surface area contributed by atoms with Crippen LogP contribution in [0.4, 0.5) is 17.6 Å². The fourth-order valence-corrected chi connectivity index (χ4v) is 2.22. The molecule has 196 valence electrons. The van der Waals surface area contributed by atoms with E-state index < -0.39 is 78.1 Å². The van der Waals surface area contributed by atoms with E-state index in [0.29, 0.717) is 6.92 Å². The number of carbonyl (C=O) groups is 5. The highest BCUT2D eigenvalue weighted by Gasteiger charge is 2.42. The van der Waals surface area contributed by atoms with Gasteiger partial charge in [0.05, 0.1) is 5.92 Å². The predicted molar refractivity (Wildman–Crippen MR) is 109 cm³/mol. The van der Waals surface area contributed by atoms with E-state index in [1.165, 1.54) is 6.92 Å². The zero-order chi connectivity index (χ0) is 27.1. The zero-order valence-electron chi connectivity index (χ0n) is 20.1. The van der Waals surface area contributed by atoms with E-state index in [2.05, 4.69) is 9.47 Å². The van der Waals surface area contributed by atoms with Crippen molar-refractivity contribution in [2.75, 3.05) is 6.61 Å². The van der Waals surface area contributed by atoms with Crippen LogP contribution in [0.3, 0.4) is 0 Å². The third-order valence-corrected chi connectivity index (χ3v) is 4.55.